The third-order valence-electron chi connectivity index (χ3n) is 3.65. The van der Waals surface area contributed by atoms with Crippen molar-refractivity contribution in [2.75, 3.05) is 11.4 Å². The Bertz CT molecular complexity index is 828. The van der Waals surface area contributed by atoms with Crippen molar-refractivity contribution < 1.29 is 18.3 Å². The number of aryl methyl sites for hydroxylation is 1. The molecule has 0 atom stereocenters. The number of anilines is 1. The van der Waals surface area contributed by atoms with Crippen LogP contribution in [0.4, 0.5) is 5.69 Å². The number of hydrogen-bond donors (Lipinski definition) is 1. The molecule has 0 bridgehead atoms. The topological polar surface area (TPSA) is 74.7 Å². The van der Waals surface area contributed by atoms with E-state index in [0.29, 0.717) is 5.69 Å². The molecule has 0 saturated heterocycles. The van der Waals surface area contributed by atoms with Crippen molar-refractivity contribution in [3.05, 3.63) is 59.2 Å². The quantitative estimate of drug-likeness (QED) is 0.940. The summed E-state index contributed by atoms with van der Waals surface area (Å²) in [5.41, 5.74) is 2.36. The zero-order valence-electron chi connectivity index (χ0n) is 12.6. The lowest BCUT2D eigenvalue weighted by atomic mass is 10.1. The van der Waals surface area contributed by atoms with Crippen LogP contribution in [0.2, 0.25) is 0 Å². The van der Waals surface area contributed by atoms with Crippen molar-refractivity contribution >= 4 is 21.7 Å². The number of benzene rings is 2. The molecule has 22 heavy (non-hydrogen) atoms. The average molecular weight is 319 g/mol. The minimum Gasteiger partial charge on any atom is -0.478 e. The number of rotatable bonds is 4. The highest BCUT2D eigenvalue weighted by molar-refractivity contribution is 7.92. The van der Waals surface area contributed by atoms with Crippen molar-refractivity contribution in [3.63, 3.8) is 0 Å². The van der Waals surface area contributed by atoms with E-state index in [9.17, 15) is 13.2 Å². The molecule has 0 spiro atoms. The van der Waals surface area contributed by atoms with Crippen LogP contribution in [0.5, 0.6) is 0 Å². The van der Waals surface area contributed by atoms with Crippen molar-refractivity contribution in [1.29, 1.82) is 0 Å². The lowest BCUT2D eigenvalue weighted by Gasteiger charge is -2.22. The van der Waals surface area contributed by atoms with Gasteiger partial charge in [-0.1, -0.05) is 18.2 Å². The summed E-state index contributed by atoms with van der Waals surface area (Å²) in [6.07, 6.45) is 0. The third-order valence-corrected chi connectivity index (χ3v) is 5.42. The second-order valence-corrected chi connectivity index (χ2v) is 6.99. The molecule has 6 heteroatoms. The summed E-state index contributed by atoms with van der Waals surface area (Å²) in [6.45, 7) is 3.76. The molecule has 0 aliphatic carbocycles. The molecule has 0 saturated carbocycles. The lowest BCUT2D eigenvalue weighted by molar-refractivity contribution is 0.0696. The van der Waals surface area contributed by atoms with Crippen molar-refractivity contribution in [1.82, 2.24) is 0 Å². The van der Waals surface area contributed by atoms with Crippen LogP contribution in [0.3, 0.4) is 0 Å². The van der Waals surface area contributed by atoms with Gasteiger partial charge in [0.25, 0.3) is 10.0 Å². The summed E-state index contributed by atoms with van der Waals surface area (Å²) in [5.74, 6) is -1.16. The molecule has 0 amide bonds. The normalized spacial score (nSPS) is 11.2. The Kier molecular flexibility index (Phi) is 4.23. The molecule has 0 radical (unpaired) electrons. The van der Waals surface area contributed by atoms with E-state index in [1.165, 1.54) is 35.6 Å². The van der Waals surface area contributed by atoms with Crippen LogP contribution in [0.1, 0.15) is 21.5 Å². The second-order valence-electron chi connectivity index (χ2n) is 5.02. The van der Waals surface area contributed by atoms with Crippen LogP contribution >= 0.6 is 0 Å². The van der Waals surface area contributed by atoms with Gasteiger partial charge < -0.3 is 5.11 Å². The Morgan fingerprint density at radius 1 is 1.09 bits per heavy atom. The van der Waals surface area contributed by atoms with Crippen LogP contribution < -0.4 is 4.31 Å². The Morgan fingerprint density at radius 2 is 1.73 bits per heavy atom. The summed E-state index contributed by atoms with van der Waals surface area (Å²) < 4.78 is 26.6. The molecule has 0 fully saturated rings. The van der Waals surface area contributed by atoms with Crippen LogP contribution in [0, 0.1) is 13.8 Å². The molecule has 116 valence electrons. The molecular weight excluding hydrogens is 302 g/mol. The molecule has 2 rings (SSSR count). The Balaban J connectivity index is 2.52. The van der Waals surface area contributed by atoms with Crippen LogP contribution in [0.25, 0.3) is 0 Å². The Labute approximate surface area is 129 Å². The first-order valence-electron chi connectivity index (χ1n) is 6.63. The van der Waals surface area contributed by atoms with Crippen LogP contribution in [-0.2, 0) is 10.0 Å². The van der Waals surface area contributed by atoms with Gasteiger partial charge in [-0.2, -0.15) is 0 Å². The minimum atomic E-state index is -3.82. The maximum atomic E-state index is 12.7. The number of carboxylic acids is 1. The van der Waals surface area contributed by atoms with Crippen LogP contribution in [0.15, 0.2) is 47.4 Å². The third kappa shape index (κ3) is 2.82. The first-order valence-corrected chi connectivity index (χ1v) is 8.07. The van der Waals surface area contributed by atoms with Gasteiger partial charge in [-0.15, -0.1) is 0 Å². The van der Waals surface area contributed by atoms with E-state index >= 15 is 0 Å². The molecule has 5 nitrogen and oxygen atoms in total. The average Bonchev–Trinajstić information content (AvgIpc) is 2.49. The first-order chi connectivity index (χ1) is 10.2. The van der Waals surface area contributed by atoms with E-state index in [4.69, 9.17) is 5.11 Å². The predicted molar refractivity (Wildman–Crippen MR) is 84.9 cm³/mol. The molecule has 0 aliphatic rings. The number of carbonyl (C=O) groups is 1. The van der Waals surface area contributed by atoms with E-state index in [1.54, 1.807) is 12.1 Å². The maximum absolute atomic E-state index is 12.7. The maximum Gasteiger partial charge on any atom is 0.335 e. The zero-order chi connectivity index (χ0) is 16.5. The Morgan fingerprint density at radius 3 is 2.36 bits per heavy atom. The van der Waals surface area contributed by atoms with Crippen LogP contribution in [-0.4, -0.2) is 26.5 Å². The lowest BCUT2D eigenvalue weighted by Crippen LogP contribution is -2.27. The standard InChI is InChI=1S/C16H17NO4S/c1-11-6-4-9-15(12(11)2)17(3)22(20,21)14-8-5-7-13(10-14)16(18)19/h4-10H,1-3H3,(H,18,19). The highest BCUT2D eigenvalue weighted by Gasteiger charge is 2.23. The molecule has 0 unspecified atom stereocenters. The van der Waals surface area contributed by atoms with Crippen molar-refractivity contribution in [2.24, 2.45) is 0 Å². The van der Waals surface area contributed by atoms with Crippen molar-refractivity contribution in [3.8, 4) is 0 Å². The van der Waals surface area contributed by atoms with E-state index in [2.05, 4.69) is 0 Å². The van der Waals surface area contributed by atoms with Gasteiger partial charge in [0.2, 0.25) is 0 Å². The summed E-state index contributed by atoms with van der Waals surface area (Å²) in [7, 11) is -2.35. The molecule has 2 aromatic carbocycles. The summed E-state index contributed by atoms with van der Waals surface area (Å²) >= 11 is 0. The van der Waals surface area contributed by atoms with Gasteiger partial charge >= 0.3 is 5.97 Å². The molecule has 0 aliphatic heterocycles. The SMILES string of the molecule is Cc1cccc(N(C)S(=O)(=O)c2cccc(C(=O)O)c2)c1C. The Hall–Kier alpha value is -2.34. The molecule has 1 N–H and O–H groups in total. The fraction of sp³-hybridized carbons (Fsp3) is 0.188. The van der Waals surface area contributed by atoms with Gasteiger partial charge in [0.05, 0.1) is 16.1 Å². The van der Waals surface area contributed by atoms with Gasteiger partial charge in [-0.25, -0.2) is 13.2 Å². The summed E-state index contributed by atoms with van der Waals surface area (Å²) in [5, 5.41) is 9.00. The predicted octanol–water partition coefficient (Wildman–Crippen LogP) is 2.83. The number of carboxylic acid groups (broad SMARTS) is 1. The highest BCUT2D eigenvalue weighted by Crippen LogP contribution is 2.27. The monoisotopic (exact) mass is 319 g/mol. The number of hydrogen-bond acceptors (Lipinski definition) is 3. The van der Waals surface area contributed by atoms with E-state index in [1.807, 2.05) is 19.9 Å². The zero-order valence-corrected chi connectivity index (χ0v) is 13.4. The van der Waals surface area contributed by atoms with Crippen molar-refractivity contribution in [2.45, 2.75) is 18.7 Å². The molecule has 0 aromatic heterocycles. The van der Waals surface area contributed by atoms with Gasteiger partial charge in [-0.3, -0.25) is 4.31 Å². The molecule has 2 aromatic rings. The first kappa shape index (κ1) is 16.0. The largest absolute Gasteiger partial charge is 0.478 e. The van der Waals surface area contributed by atoms with Gasteiger partial charge in [-0.05, 0) is 49.2 Å². The smallest absolute Gasteiger partial charge is 0.335 e. The number of aromatic carboxylic acids is 1. The van der Waals surface area contributed by atoms with E-state index in [-0.39, 0.29) is 10.5 Å². The fourth-order valence-corrected chi connectivity index (χ4v) is 3.45. The number of nitrogens with zero attached hydrogens (tertiary/aromatic N) is 1. The summed E-state index contributed by atoms with van der Waals surface area (Å²) in [4.78, 5) is 11.0. The van der Waals surface area contributed by atoms with Gasteiger partial charge in [0, 0.05) is 7.05 Å². The number of sulfonamides is 1. The highest BCUT2D eigenvalue weighted by atomic mass is 32.2. The minimum absolute atomic E-state index is 0.0455. The van der Waals surface area contributed by atoms with Gasteiger partial charge in [0.15, 0.2) is 0 Å². The van der Waals surface area contributed by atoms with E-state index < -0.39 is 16.0 Å². The molecule has 0 heterocycles. The fourth-order valence-electron chi connectivity index (χ4n) is 2.15. The van der Waals surface area contributed by atoms with E-state index in [0.717, 1.165) is 11.1 Å². The molecular formula is C16H17NO4S. The van der Waals surface area contributed by atoms with Gasteiger partial charge in [0.1, 0.15) is 0 Å². The summed E-state index contributed by atoms with van der Waals surface area (Å²) in [6, 6.07) is 10.8. The second kappa shape index (κ2) is 5.81.